The zero-order chi connectivity index (χ0) is 11.1. The molecule has 3 heteroatoms. The van der Waals surface area contributed by atoms with Gasteiger partial charge in [0.05, 0.1) is 6.20 Å². The van der Waals surface area contributed by atoms with Crippen molar-refractivity contribution in [3.05, 3.63) is 36.2 Å². The van der Waals surface area contributed by atoms with E-state index in [0.29, 0.717) is 6.04 Å². The number of rotatable bonds is 6. The van der Waals surface area contributed by atoms with E-state index < -0.39 is 0 Å². The maximum atomic E-state index is 4.04. The Balaban J connectivity index is 2.70. The van der Waals surface area contributed by atoms with Gasteiger partial charge in [0.2, 0.25) is 0 Å². The highest BCUT2D eigenvalue weighted by atomic mass is 15.1. The number of nitrogens with zero attached hydrogens (tertiary/aromatic N) is 2. The van der Waals surface area contributed by atoms with Crippen molar-refractivity contribution < 1.29 is 0 Å². The molecular weight excluding hydrogens is 186 g/mol. The zero-order valence-corrected chi connectivity index (χ0v) is 9.53. The lowest BCUT2D eigenvalue weighted by Crippen LogP contribution is -2.21. The van der Waals surface area contributed by atoms with Gasteiger partial charge in [-0.25, -0.2) is 0 Å². The van der Waals surface area contributed by atoms with E-state index in [-0.39, 0.29) is 0 Å². The van der Waals surface area contributed by atoms with Gasteiger partial charge in [0.25, 0.3) is 0 Å². The third-order valence-corrected chi connectivity index (χ3v) is 2.45. The summed E-state index contributed by atoms with van der Waals surface area (Å²) in [5.41, 5.74) is 2.44. The van der Waals surface area contributed by atoms with E-state index in [0.717, 1.165) is 19.4 Å². The second-order valence-corrected chi connectivity index (χ2v) is 3.59. The summed E-state index contributed by atoms with van der Waals surface area (Å²) >= 11 is 0. The Kier molecular flexibility index (Phi) is 4.98. The van der Waals surface area contributed by atoms with Crippen LogP contribution in [-0.4, -0.2) is 16.7 Å². The fourth-order valence-electron chi connectivity index (χ4n) is 1.49. The van der Waals surface area contributed by atoms with Gasteiger partial charge in [-0.1, -0.05) is 26.0 Å². The number of hydrogen-bond donors (Lipinski definition) is 1. The largest absolute Gasteiger partial charge is 0.310 e. The molecule has 0 radical (unpaired) electrons. The van der Waals surface area contributed by atoms with Gasteiger partial charge in [-0.05, 0) is 31.0 Å². The number of hydrogen-bond acceptors (Lipinski definition) is 3. The summed E-state index contributed by atoms with van der Waals surface area (Å²) < 4.78 is 0. The van der Waals surface area contributed by atoms with Gasteiger partial charge in [0.1, 0.15) is 0 Å². The predicted molar refractivity (Wildman–Crippen MR) is 62.5 cm³/mol. The van der Waals surface area contributed by atoms with Gasteiger partial charge in [0.15, 0.2) is 0 Å². The average Bonchev–Trinajstić information content (AvgIpc) is 2.29. The zero-order valence-electron chi connectivity index (χ0n) is 9.53. The maximum absolute atomic E-state index is 4.04. The molecule has 3 nitrogen and oxygen atoms in total. The van der Waals surface area contributed by atoms with Crippen LogP contribution in [0, 0.1) is 0 Å². The maximum Gasteiger partial charge on any atom is 0.0544 e. The molecule has 82 valence electrons. The summed E-state index contributed by atoms with van der Waals surface area (Å²) in [6.07, 6.45) is 5.54. The Bertz CT molecular complexity index is 295. The lowest BCUT2D eigenvalue weighted by molar-refractivity contribution is 0.540. The van der Waals surface area contributed by atoms with Crippen LogP contribution in [0.15, 0.2) is 30.6 Å². The molecule has 0 bridgehead atoms. The average molecular weight is 205 g/mol. The Hall–Kier alpha value is -1.22. The summed E-state index contributed by atoms with van der Waals surface area (Å²) in [6, 6.07) is 2.32. The summed E-state index contributed by atoms with van der Waals surface area (Å²) in [4.78, 5) is 0. The second-order valence-electron chi connectivity index (χ2n) is 3.59. The SMILES string of the molecule is C=C(CC)CC(NCC)c1ccnnc1. The van der Waals surface area contributed by atoms with E-state index in [1.165, 1.54) is 11.1 Å². The Morgan fingerprint density at radius 1 is 1.47 bits per heavy atom. The third-order valence-electron chi connectivity index (χ3n) is 2.45. The van der Waals surface area contributed by atoms with Crippen LogP contribution in [0.2, 0.25) is 0 Å². The molecule has 0 aliphatic rings. The van der Waals surface area contributed by atoms with Gasteiger partial charge in [-0.3, -0.25) is 0 Å². The van der Waals surface area contributed by atoms with E-state index in [1.807, 2.05) is 12.3 Å². The van der Waals surface area contributed by atoms with Gasteiger partial charge < -0.3 is 5.32 Å². The van der Waals surface area contributed by atoms with Crippen LogP contribution in [0.5, 0.6) is 0 Å². The molecule has 0 aliphatic heterocycles. The molecule has 1 atom stereocenters. The highest BCUT2D eigenvalue weighted by Gasteiger charge is 2.10. The monoisotopic (exact) mass is 205 g/mol. The van der Waals surface area contributed by atoms with Crippen molar-refractivity contribution in [1.82, 2.24) is 15.5 Å². The Morgan fingerprint density at radius 3 is 2.80 bits per heavy atom. The van der Waals surface area contributed by atoms with E-state index >= 15 is 0 Å². The minimum absolute atomic E-state index is 0.318. The highest BCUT2D eigenvalue weighted by Crippen LogP contribution is 2.20. The van der Waals surface area contributed by atoms with Crippen LogP contribution in [0.25, 0.3) is 0 Å². The van der Waals surface area contributed by atoms with Crippen molar-refractivity contribution in [3.8, 4) is 0 Å². The Morgan fingerprint density at radius 2 is 2.27 bits per heavy atom. The van der Waals surface area contributed by atoms with Crippen molar-refractivity contribution in [2.24, 2.45) is 0 Å². The number of nitrogens with one attached hydrogen (secondary N) is 1. The van der Waals surface area contributed by atoms with Gasteiger partial charge in [0, 0.05) is 12.2 Å². The summed E-state index contributed by atoms with van der Waals surface area (Å²) in [5, 5.41) is 11.1. The van der Waals surface area contributed by atoms with Gasteiger partial charge in [-0.15, -0.1) is 0 Å². The number of aromatic nitrogens is 2. The predicted octanol–water partition coefficient (Wildman–Crippen LogP) is 2.48. The fraction of sp³-hybridized carbons (Fsp3) is 0.500. The molecule has 0 amide bonds. The molecule has 0 spiro atoms. The normalized spacial score (nSPS) is 12.4. The molecule has 1 heterocycles. The lowest BCUT2D eigenvalue weighted by Gasteiger charge is -2.18. The van der Waals surface area contributed by atoms with Crippen LogP contribution in [0.1, 0.15) is 38.3 Å². The molecule has 1 aromatic rings. The lowest BCUT2D eigenvalue weighted by atomic mass is 10.0. The Labute approximate surface area is 91.6 Å². The van der Waals surface area contributed by atoms with Crippen molar-refractivity contribution in [2.75, 3.05) is 6.54 Å². The second kappa shape index (κ2) is 6.30. The minimum atomic E-state index is 0.318. The van der Waals surface area contributed by atoms with Crippen LogP contribution in [0.4, 0.5) is 0 Å². The molecule has 1 rings (SSSR count). The smallest absolute Gasteiger partial charge is 0.0544 e. The molecule has 0 aromatic carbocycles. The van der Waals surface area contributed by atoms with E-state index in [2.05, 4.69) is 35.9 Å². The molecular formula is C12H19N3. The third kappa shape index (κ3) is 3.80. The van der Waals surface area contributed by atoms with Crippen LogP contribution in [-0.2, 0) is 0 Å². The molecule has 1 unspecified atom stereocenters. The van der Waals surface area contributed by atoms with Crippen molar-refractivity contribution in [2.45, 2.75) is 32.7 Å². The quantitative estimate of drug-likeness (QED) is 0.725. The van der Waals surface area contributed by atoms with Gasteiger partial charge >= 0.3 is 0 Å². The fourth-order valence-corrected chi connectivity index (χ4v) is 1.49. The van der Waals surface area contributed by atoms with Crippen molar-refractivity contribution in [3.63, 3.8) is 0 Å². The topological polar surface area (TPSA) is 37.8 Å². The molecule has 0 saturated heterocycles. The molecule has 0 fully saturated rings. The molecule has 0 aliphatic carbocycles. The first-order chi connectivity index (χ1) is 7.27. The first-order valence-corrected chi connectivity index (χ1v) is 5.44. The molecule has 15 heavy (non-hydrogen) atoms. The summed E-state index contributed by atoms with van der Waals surface area (Å²) in [7, 11) is 0. The first kappa shape index (κ1) is 11.9. The standard InChI is InChI=1S/C12H19N3/c1-4-10(3)8-12(13-5-2)11-6-7-14-15-9-11/h6-7,9,12-13H,3-5,8H2,1-2H3. The van der Waals surface area contributed by atoms with Crippen molar-refractivity contribution >= 4 is 0 Å². The molecule has 0 saturated carbocycles. The van der Waals surface area contributed by atoms with E-state index in [1.54, 1.807) is 6.20 Å². The highest BCUT2D eigenvalue weighted by molar-refractivity contribution is 5.14. The molecule has 1 aromatic heterocycles. The van der Waals surface area contributed by atoms with Crippen LogP contribution < -0.4 is 5.32 Å². The summed E-state index contributed by atoms with van der Waals surface area (Å²) in [5.74, 6) is 0. The minimum Gasteiger partial charge on any atom is -0.310 e. The summed E-state index contributed by atoms with van der Waals surface area (Å²) in [6.45, 7) is 9.24. The van der Waals surface area contributed by atoms with Crippen LogP contribution >= 0.6 is 0 Å². The first-order valence-electron chi connectivity index (χ1n) is 5.44. The molecule has 1 N–H and O–H groups in total. The van der Waals surface area contributed by atoms with E-state index in [9.17, 15) is 0 Å². The van der Waals surface area contributed by atoms with Crippen LogP contribution in [0.3, 0.4) is 0 Å². The van der Waals surface area contributed by atoms with Crippen molar-refractivity contribution in [1.29, 1.82) is 0 Å². The van der Waals surface area contributed by atoms with E-state index in [4.69, 9.17) is 0 Å². The van der Waals surface area contributed by atoms with Gasteiger partial charge in [-0.2, -0.15) is 10.2 Å².